The van der Waals surface area contributed by atoms with Gasteiger partial charge in [0.15, 0.2) is 9.84 Å². The topological polar surface area (TPSA) is 71.5 Å². The molecule has 2 aliphatic heterocycles. The number of sulfonamides is 1. The maximum atomic E-state index is 12.2. The molecule has 0 N–H and O–H groups in total. The van der Waals surface area contributed by atoms with Crippen molar-refractivity contribution in [1.82, 2.24) is 4.31 Å². The average Bonchev–Trinajstić information content (AvgIpc) is 2.60. The average molecular weight is 281 g/mol. The lowest BCUT2D eigenvalue weighted by molar-refractivity contribution is 0.286. The SMILES string of the molecule is CC1CCN(S(=O)(=O)[C@H]2CCS(=O)(=O)C2)CC1. The van der Waals surface area contributed by atoms with Gasteiger partial charge in [0.1, 0.15) is 0 Å². The fraction of sp³-hybridized carbons (Fsp3) is 1.00. The zero-order valence-corrected chi connectivity index (χ0v) is 11.6. The first-order valence-corrected chi connectivity index (χ1v) is 9.33. The van der Waals surface area contributed by atoms with E-state index in [0.717, 1.165) is 12.8 Å². The molecule has 2 aliphatic rings. The molecule has 17 heavy (non-hydrogen) atoms. The van der Waals surface area contributed by atoms with E-state index in [1.165, 1.54) is 4.31 Å². The van der Waals surface area contributed by atoms with Gasteiger partial charge in [0.25, 0.3) is 0 Å². The van der Waals surface area contributed by atoms with Crippen LogP contribution in [0.5, 0.6) is 0 Å². The summed E-state index contributed by atoms with van der Waals surface area (Å²) in [5, 5.41) is -0.707. The molecule has 0 spiro atoms. The van der Waals surface area contributed by atoms with Crippen LogP contribution in [0.1, 0.15) is 26.2 Å². The lowest BCUT2D eigenvalue weighted by atomic mass is 10.0. The number of nitrogens with zero attached hydrogens (tertiary/aromatic N) is 1. The van der Waals surface area contributed by atoms with Crippen LogP contribution in [0.4, 0.5) is 0 Å². The van der Waals surface area contributed by atoms with E-state index in [-0.39, 0.29) is 17.9 Å². The van der Waals surface area contributed by atoms with Gasteiger partial charge >= 0.3 is 0 Å². The van der Waals surface area contributed by atoms with Gasteiger partial charge in [-0.15, -0.1) is 0 Å². The molecule has 2 rings (SSSR count). The molecule has 0 saturated carbocycles. The minimum Gasteiger partial charge on any atom is -0.229 e. The third kappa shape index (κ3) is 2.82. The quantitative estimate of drug-likeness (QED) is 0.726. The first-order valence-electron chi connectivity index (χ1n) is 6.01. The molecule has 0 bridgehead atoms. The van der Waals surface area contributed by atoms with Gasteiger partial charge in [-0.1, -0.05) is 6.92 Å². The number of hydrogen-bond acceptors (Lipinski definition) is 4. The molecule has 1 atom stereocenters. The molecule has 2 saturated heterocycles. The van der Waals surface area contributed by atoms with E-state index in [4.69, 9.17) is 0 Å². The highest BCUT2D eigenvalue weighted by molar-refractivity contribution is 7.95. The maximum Gasteiger partial charge on any atom is 0.218 e. The molecular weight excluding hydrogens is 262 g/mol. The van der Waals surface area contributed by atoms with E-state index in [0.29, 0.717) is 19.0 Å². The predicted octanol–water partition coefficient (Wildman–Crippen LogP) is 0.235. The Morgan fingerprint density at radius 2 is 1.71 bits per heavy atom. The van der Waals surface area contributed by atoms with Crippen molar-refractivity contribution in [2.75, 3.05) is 24.6 Å². The van der Waals surface area contributed by atoms with Crippen molar-refractivity contribution in [3.05, 3.63) is 0 Å². The van der Waals surface area contributed by atoms with Crippen LogP contribution in [0.2, 0.25) is 0 Å². The summed E-state index contributed by atoms with van der Waals surface area (Å²) in [7, 11) is -6.54. The van der Waals surface area contributed by atoms with Crippen LogP contribution < -0.4 is 0 Å². The van der Waals surface area contributed by atoms with Crippen LogP contribution in [0.15, 0.2) is 0 Å². The molecule has 0 aliphatic carbocycles. The van der Waals surface area contributed by atoms with E-state index < -0.39 is 25.1 Å². The summed E-state index contributed by atoms with van der Waals surface area (Å²) in [4.78, 5) is 0. The fourth-order valence-corrected chi connectivity index (χ4v) is 7.01. The molecule has 0 unspecified atom stereocenters. The number of sulfone groups is 1. The number of hydrogen-bond donors (Lipinski definition) is 0. The molecule has 7 heteroatoms. The summed E-state index contributed by atoms with van der Waals surface area (Å²) < 4.78 is 48.7. The summed E-state index contributed by atoms with van der Waals surface area (Å²) in [5.41, 5.74) is 0. The summed E-state index contributed by atoms with van der Waals surface area (Å²) in [6, 6.07) is 0. The fourth-order valence-electron chi connectivity index (χ4n) is 2.45. The van der Waals surface area contributed by atoms with Gasteiger partial charge in [-0.05, 0) is 25.2 Å². The zero-order valence-electron chi connectivity index (χ0n) is 10.0. The van der Waals surface area contributed by atoms with Gasteiger partial charge in [0, 0.05) is 13.1 Å². The zero-order chi connectivity index (χ0) is 12.7. The van der Waals surface area contributed by atoms with Crippen molar-refractivity contribution in [2.24, 2.45) is 5.92 Å². The second kappa shape index (κ2) is 4.51. The Morgan fingerprint density at radius 3 is 2.18 bits per heavy atom. The van der Waals surface area contributed by atoms with Crippen LogP contribution in [0.3, 0.4) is 0 Å². The first-order chi connectivity index (χ1) is 7.81. The van der Waals surface area contributed by atoms with Gasteiger partial charge in [-0.25, -0.2) is 21.1 Å². The first kappa shape index (κ1) is 13.3. The summed E-state index contributed by atoms with van der Waals surface area (Å²) in [6.07, 6.45) is 2.01. The Morgan fingerprint density at radius 1 is 1.12 bits per heavy atom. The molecule has 0 aromatic rings. The molecule has 0 amide bonds. The smallest absolute Gasteiger partial charge is 0.218 e. The number of rotatable bonds is 2. The highest BCUT2D eigenvalue weighted by Gasteiger charge is 2.40. The Bertz CT molecular complexity index is 474. The molecule has 100 valence electrons. The van der Waals surface area contributed by atoms with Crippen LogP contribution >= 0.6 is 0 Å². The van der Waals surface area contributed by atoms with Gasteiger partial charge in [-0.2, -0.15) is 0 Å². The van der Waals surface area contributed by atoms with Crippen molar-refractivity contribution in [1.29, 1.82) is 0 Å². The number of piperidine rings is 1. The van der Waals surface area contributed by atoms with Gasteiger partial charge in [0.05, 0.1) is 16.8 Å². The highest BCUT2D eigenvalue weighted by atomic mass is 32.2. The van der Waals surface area contributed by atoms with Gasteiger partial charge in [0.2, 0.25) is 10.0 Å². The van der Waals surface area contributed by atoms with Crippen LogP contribution in [-0.4, -0.2) is 51.0 Å². The minimum absolute atomic E-state index is 0.0150. The lowest BCUT2D eigenvalue weighted by Crippen LogP contribution is -2.43. The van der Waals surface area contributed by atoms with Crippen molar-refractivity contribution >= 4 is 19.9 Å². The van der Waals surface area contributed by atoms with Crippen molar-refractivity contribution < 1.29 is 16.8 Å². The van der Waals surface area contributed by atoms with Crippen LogP contribution in [0, 0.1) is 5.92 Å². The van der Waals surface area contributed by atoms with Crippen LogP contribution in [0.25, 0.3) is 0 Å². The Hall–Kier alpha value is -0.140. The Labute approximate surface area is 103 Å². The van der Waals surface area contributed by atoms with E-state index in [9.17, 15) is 16.8 Å². The van der Waals surface area contributed by atoms with Crippen molar-refractivity contribution in [2.45, 2.75) is 31.4 Å². The second-order valence-corrected chi connectivity index (χ2v) is 9.59. The summed E-state index contributed by atoms with van der Waals surface area (Å²) in [5.74, 6) is 0.386. The van der Waals surface area contributed by atoms with E-state index >= 15 is 0 Å². The normalized spacial score (nSPS) is 31.7. The molecule has 0 aromatic carbocycles. The monoisotopic (exact) mass is 281 g/mol. The Balaban J connectivity index is 2.09. The minimum atomic E-state index is -3.40. The van der Waals surface area contributed by atoms with Gasteiger partial charge in [-0.3, -0.25) is 0 Å². The largest absolute Gasteiger partial charge is 0.229 e. The van der Waals surface area contributed by atoms with E-state index in [2.05, 4.69) is 6.92 Å². The molecule has 5 nitrogen and oxygen atoms in total. The molecule has 0 radical (unpaired) electrons. The van der Waals surface area contributed by atoms with E-state index in [1.54, 1.807) is 0 Å². The van der Waals surface area contributed by atoms with Crippen molar-refractivity contribution in [3.63, 3.8) is 0 Å². The van der Waals surface area contributed by atoms with Crippen molar-refractivity contribution in [3.8, 4) is 0 Å². The lowest BCUT2D eigenvalue weighted by Gasteiger charge is -2.31. The van der Waals surface area contributed by atoms with Crippen LogP contribution in [-0.2, 0) is 19.9 Å². The van der Waals surface area contributed by atoms with E-state index in [1.807, 2.05) is 0 Å². The Kier molecular flexibility index (Phi) is 3.53. The molecule has 2 heterocycles. The summed E-state index contributed by atoms with van der Waals surface area (Å²) in [6.45, 7) is 3.20. The predicted molar refractivity (Wildman–Crippen MR) is 65.9 cm³/mol. The standard InChI is InChI=1S/C10H19NO4S2/c1-9-2-5-11(6-3-9)17(14,15)10-4-7-16(12,13)8-10/h9-10H,2-8H2,1H3/t10-/m0/s1. The molecular formula is C10H19NO4S2. The highest BCUT2D eigenvalue weighted by Crippen LogP contribution is 2.26. The third-order valence-electron chi connectivity index (χ3n) is 3.71. The molecule has 0 aromatic heterocycles. The summed E-state index contributed by atoms with van der Waals surface area (Å²) >= 11 is 0. The maximum absolute atomic E-state index is 12.2. The third-order valence-corrected chi connectivity index (χ3v) is 8.02. The van der Waals surface area contributed by atoms with Gasteiger partial charge < -0.3 is 0 Å². The second-order valence-electron chi connectivity index (χ2n) is 5.15. The molecule has 2 fully saturated rings.